The molecule has 0 nitrogen and oxygen atoms in total. The highest BCUT2D eigenvalue weighted by atomic mass is 28.1. The van der Waals surface area contributed by atoms with E-state index in [1.807, 2.05) is 0 Å². The van der Waals surface area contributed by atoms with Crippen molar-refractivity contribution in [2.24, 2.45) is 0 Å². The van der Waals surface area contributed by atoms with Gasteiger partial charge in [-0.05, 0) is 24.3 Å². The molecule has 0 aliphatic heterocycles. The fourth-order valence-corrected chi connectivity index (χ4v) is 3.23. The molecule has 0 saturated heterocycles. The Kier molecular flexibility index (Phi) is 2.84. The molecule has 0 radical (unpaired) electrons. The Balaban J connectivity index is 2.18. The van der Waals surface area contributed by atoms with Gasteiger partial charge in [0.05, 0.1) is 0 Å². The first kappa shape index (κ1) is 9.01. The molecule has 0 unspecified atom stereocenters. The minimum atomic E-state index is 0.891. The molecule has 1 fully saturated rings. The number of hydrogen-bond donors (Lipinski definition) is 0. The second-order valence-corrected chi connectivity index (χ2v) is 5.27. The van der Waals surface area contributed by atoms with Crippen molar-refractivity contribution in [1.82, 2.24) is 0 Å². The minimum Gasteiger partial charge on any atom is -0.0674 e. The van der Waals surface area contributed by atoms with E-state index in [-0.39, 0.29) is 0 Å². The summed E-state index contributed by atoms with van der Waals surface area (Å²) in [7, 11) is 1.21. The molecule has 0 heterocycles. The van der Waals surface area contributed by atoms with Crippen molar-refractivity contribution in [2.75, 3.05) is 0 Å². The second-order valence-electron chi connectivity index (χ2n) is 4.19. The van der Waals surface area contributed by atoms with E-state index in [2.05, 4.69) is 24.3 Å². The van der Waals surface area contributed by atoms with Gasteiger partial charge in [0.2, 0.25) is 0 Å². The summed E-state index contributed by atoms with van der Waals surface area (Å²) < 4.78 is 0. The highest BCUT2D eigenvalue weighted by Gasteiger charge is 2.16. The van der Waals surface area contributed by atoms with Crippen LogP contribution >= 0.6 is 0 Å². The van der Waals surface area contributed by atoms with Crippen LogP contribution in [0.15, 0.2) is 24.3 Å². The fraction of sp³-hybridized carbons (Fsp3) is 0.500. The molecular weight excluding hydrogens is 172 g/mol. The summed E-state index contributed by atoms with van der Waals surface area (Å²) in [6, 6.07) is 9.02. The van der Waals surface area contributed by atoms with Crippen molar-refractivity contribution >= 4 is 15.4 Å². The highest BCUT2D eigenvalue weighted by Crippen LogP contribution is 2.31. The van der Waals surface area contributed by atoms with Gasteiger partial charge in [0.1, 0.15) is 0 Å². The molecule has 0 N–H and O–H groups in total. The lowest BCUT2D eigenvalue weighted by Gasteiger charge is -2.23. The molecule has 0 spiro atoms. The van der Waals surface area contributed by atoms with Crippen LogP contribution in [0, 0.1) is 0 Å². The number of benzene rings is 1. The van der Waals surface area contributed by atoms with Crippen molar-refractivity contribution < 1.29 is 0 Å². The van der Waals surface area contributed by atoms with Crippen LogP contribution in [0.4, 0.5) is 0 Å². The SMILES string of the molecule is [SiH3]c1ccccc1C1CCCCC1. The quantitative estimate of drug-likeness (QED) is 0.592. The third-order valence-corrected chi connectivity index (χ3v) is 4.14. The molecule has 1 aromatic rings. The van der Waals surface area contributed by atoms with Gasteiger partial charge in [-0.1, -0.05) is 48.7 Å². The molecule has 1 heteroatoms. The van der Waals surface area contributed by atoms with Crippen LogP contribution in [0.25, 0.3) is 0 Å². The lowest BCUT2D eigenvalue weighted by molar-refractivity contribution is 0.445. The minimum absolute atomic E-state index is 0.891. The van der Waals surface area contributed by atoms with Gasteiger partial charge in [0, 0.05) is 10.2 Å². The molecule has 2 rings (SSSR count). The molecule has 1 aliphatic carbocycles. The van der Waals surface area contributed by atoms with Gasteiger partial charge in [-0.3, -0.25) is 0 Å². The zero-order valence-corrected chi connectivity index (χ0v) is 10.4. The monoisotopic (exact) mass is 190 g/mol. The van der Waals surface area contributed by atoms with E-state index in [1.54, 1.807) is 10.8 Å². The predicted molar refractivity (Wildman–Crippen MR) is 61.8 cm³/mol. The normalized spacial score (nSPS) is 19.1. The lowest BCUT2D eigenvalue weighted by atomic mass is 9.84. The summed E-state index contributed by atoms with van der Waals surface area (Å²) in [4.78, 5) is 0. The molecule has 70 valence electrons. The van der Waals surface area contributed by atoms with Crippen LogP contribution in [0.5, 0.6) is 0 Å². The highest BCUT2D eigenvalue weighted by molar-refractivity contribution is 6.33. The van der Waals surface area contributed by atoms with Crippen LogP contribution in [-0.4, -0.2) is 10.2 Å². The Labute approximate surface area is 83.8 Å². The second kappa shape index (κ2) is 4.10. The van der Waals surface area contributed by atoms with E-state index >= 15 is 0 Å². The van der Waals surface area contributed by atoms with E-state index in [0.717, 1.165) is 5.92 Å². The average molecular weight is 190 g/mol. The van der Waals surface area contributed by atoms with E-state index in [1.165, 1.54) is 42.3 Å². The molecule has 13 heavy (non-hydrogen) atoms. The Morgan fingerprint density at radius 2 is 1.69 bits per heavy atom. The van der Waals surface area contributed by atoms with Gasteiger partial charge in [-0.25, -0.2) is 0 Å². The van der Waals surface area contributed by atoms with Crippen molar-refractivity contribution in [3.8, 4) is 0 Å². The molecular formula is C12H18Si. The maximum atomic E-state index is 2.35. The van der Waals surface area contributed by atoms with Gasteiger partial charge >= 0.3 is 0 Å². The van der Waals surface area contributed by atoms with Crippen molar-refractivity contribution in [2.45, 2.75) is 38.0 Å². The third kappa shape index (κ3) is 2.02. The van der Waals surface area contributed by atoms with Gasteiger partial charge in [-0.15, -0.1) is 0 Å². The van der Waals surface area contributed by atoms with Crippen LogP contribution in [0.3, 0.4) is 0 Å². The van der Waals surface area contributed by atoms with E-state index in [9.17, 15) is 0 Å². The topological polar surface area (TPSA) is 0 Å². The number of rotatable bonds is 1. The van der Waals surface area contributed by atoms with Gasteiger partial charge in [-0.2, -0.15) is 0 Å². The molecule has 0 bridgehead atoms. The summed E-state index contributed by atoms with van der Waals surface area (Å²) in [5.41, 5.74) is 1.66. The predicted octanol–water partition coefficient (Wildman–Crippen LogP) is 1.73. The van der Waals surface area contributed by atoms with Gasteiger partial charge < -0.3 is 0 Å². The Bertz CT molecular complexity index is 274. The van der Waals surface area contributed by atoms with E-state index in [4.69, 9.17) is 0 Å². The van der Waals surface area contributed by atoms with E-state index in [0.29, 0.717) is 0 Å². The van der Waals surface area contributed by atoms with Crippen molar-refractivity contribution in [3.63, 3.8) is 0 Å². The van der Waals surface area contributed by atoms with Crippen LogP contribution in [-0.2, 0) is 0 Å². The average Bonchev–Trinajstić information content (AvgIpc) is 2.20. The zero-order valence-electron chi connectivity index (χ0n) is 8.42. The standard InChI is InChI=1S/C12H18Si/c13-12-9-5-4-8-11(12)10-6-2-1-3-7-10/h4-5,8-10H,1-3,6-7H2,13H3. The molecule has 1 aliphatic rings. The van der Waals surface area contributed by atoms with Crippen molar-refractivity contribution in [1.29, 1.82) is 0 Å². The largest absolute Gasteiger partial charge is 0.0674 e. The van der Waals surface area contributed by atoms with E-state index < -0.39 is 0 Å². The molecule has 0 aromatic heterocycles. The van der Waals surface area contributed by atoms with Gasteiger partial charge in [0.25, 0.3) is 0 Å². The Hall–Kier alpha value is -0.563. The molecule has 1 saturated carbocycles. The van der Waals surface area contributed by atoms with Crippen LogP contribution in [0.1, 0.15) is 43.6 Å². The maximum Gasteiger partial charge on any atom is 0.0388 e. The summed E-state index contributed by atoms with van der Waals surface area (Å²) in [5, 5.41) is 1.62. The zero-order chi connectivity index (χ0) is 9.10. The first-order valence-electron chi connectivity index (χ1n) is 5.43. The molecule has 0 amide bonds. The smallest absolute Gasteiger partial charge is 0.0388 e. The maximum absolute atomic E-state index is 2.35. The third-order valence-electron chi connectivity index (χ3n) is 3.23. The number of hydrogen-bond acceptors (Lipinski definition) is 0. The van der Waals surface area contributed by atoms with Crippen LogP contribution < -0.4 is 5.19 Å². The summed E-state index contributed by atoms with van der Waals surface area (Å²) >= 11 is 0. The van der Waals surface area contributed by atoms with Gasteiger partial charge in [0.15, 0.2) is 0 Å². The first-order valence-corrected chi connectivity index (χ1v) is 6.43. The Morgan fingerprint density at radius 1 is 1.00 bits per heavy atom. The molecule has 1 aromatic carbocycles. The molecule has 0 atom stereocenters. The fourth-order valence-electron chi connectivity index (χ4n) is 2.46. The summed E-state index contributed by atoms with van der Waals surface area (Å²) in [6.07, 6.45) is 7.21. The summed E-state index contributed by atoms with van der Waals surface area (Å²) in [6.45, 7) is 0. The summed E-state index contributed by atoms with van der Waals surface area (Å²) in [5.74, 6) is 0.891. The lowest BCUT2D eigenvalue weighted by Crippen LogP contribution is -2.16. The van der Waals surface area contributed by atoms with Crippen LogP contribution in [0.2, 0.25) is 0 Å². The first-order chi connectivity index (χ1) is 6.38. The van der Waals surface area contributed by atoms with Crippen molar-refractivity contribution in [3.05, 3.63) is 29.8 Å². The Morgan fingerprint density at radius 3 is 2.38 bits per heavy atom.